The van der Waals surface area contributed by atoms with Gasteiger partial charge >= 0.3 is 0 Å². The van der Waals surface area contributed by atoms with Crippen LogP contribution in [0.2, 0.25) is 5.02 Å². The maximum absolute atomic E-state index is 12.3. The zero-order chi connectivity index (χ0) is 14.0. The Morgan fingerprint density at radius 2 is 2.21 bits per heavy atom. The van der Waals surface area contributed by atoms with Crippen LogP contribution in [0, 0.1) is 0 Å². The Morgan fingerprint density at radius 3 is 2.84 bits per heavy atom. The molecule has 1 fully saturated rings. The van der Waals surface area contributed by atoms with Gasteiger partial charge in [-0.25, -0.2) is 0 Å². The molecular weight excluding hydrogens is 268 g/mol. The second-order valence-electron chi connectivity index (χ2n) is 4.27. The summed E-state index contributed by atoms with van der Waals surface area (Å²) in [7, 11) is 1.51. The predicted molar refractivity (Wildman–Crippen MR) is 72.6 cm³/mol. The van der Waals surface area contributed by atoms with Crippen molar-refractivity contribution in [2.75, 3.05) is 18.6 Å². The van der Waals surface area contributed by atoms with Gasteiger partial charge in [-0.15, -0.1) is 0 Å². The van der Waals surface area contributed by atoms with Gasteiger partial charge in [0.15, 0.2) is 0 Å². The number of nitrogens with zero attached hydrogens (tertiary/aromatic N) is 1. The van der Waals surface area contributed by atoms with Crippen LogP contribution in [0.25, 0.3) is 0 Å². The van der Waals surface area contributed by atoms with Gasteiger partial charge in [0.25, 0.3) is 0 Å². The lowest BCUT2D eigenvalue weighted by Crippen LogP contribution is -2.58. The minimum absolute atomic E-state index is 0.0218. The number of hydrogen-bond donors (Lipinski definition) is 1. The molecule has 0 bridgehead atoms. The van der Waals surface area contributed by atoms with Crippen molar-refractivity contribution < 1.29 is 14.3 Å². The molecule has 1 aliphatic rings. The second kappa shape index (κ2) is 5.48. The van der Waals surface area contributed by atoms with Crippen LogP contribution in [0.3, 0.4) is 0 Å². The normalized spacial score (nSPS) is 19.3. The Labute approximate surface area is 116 Å². The van der Waals surface area contributed by atoms with Gasteiger partial charge in [0.2, 0.25) is 11.8 Å². The van der Waals surface area contributed by atoms with Crippen LogP contribution in [-0.4, -0.2) is 31.5 Å². The fraction of sp³-hybridized carbons (Fsp3) is 0.385. The van der Waals surface area contributed by atoms with Crippen LogP contribution in [0.1, 0.15) is 13.3 Å². The molecule has 0 spiro atoms. The number of halogens is 1. The summed E-state index contributed by atoms with van der Waals surface area (Å²) in [6.45, 7) is 1.83. The van der Waals surface area contributed by atoms with Gasteiger partial charge in [0.1, 0.15) is 18.3 Å². The number of piperazine rings is 1. The standard InChI is InChI=1S/C13H15ClN2O3/c1-3-9-13(18)16(7-12(17)15-9)10-6-8(14)4-5-11(10)19-2/h4-6,9H,3,7H2,1-2H3,(H,15,17). The minimum atomic E-state index is -0.495. The van der Waals surface area contributed by atoms with E-state index in [0.717, 1.165) is 0 Å². The maximum Gasteiger partial charge on any atom is 0.250 e. The van der Waals surface area contributed by atoms with E-state index in [1.165, 1.54) is 12.0 Å². The Balaban J connectivity index is 2.41. The SMILES string of the molecule is CCC1NC(=O)CN(c2cc(Cl)ccc2OC)C1=O. The van der Waals surface area contributed by atoms with Crippen molar-refractivity contribution in [1.29, 1.82) is 0 Å². The molecule has 1 heterocycles. The Kier molecular flexibility index (Phi) is 3.95. The van der Waals surface area contributed by atoms with Gasteiger partial charge < -0.3 is 10.1 Å². The van der Waals surface area contributed by atoms with Gasteiger partial charge in [-0.05, 0) is 24.6 Å². The van der Waals surface area contributed by atoms with Crippen LogP contribution in [-0.2, 0) is 9.59 Å². The molecule has 5 nitrogen and oxygen atoms in total. The van der Waals surface area contributed by atoms with Gasteiger partial charge in [-0.1, -0.05) is 18.5 Å². The number of anilines is 1. The third-order valence-electron chi connectivity index (χ3n) is 3.04. The molecule has 1 N–H and O–H groups in total. The molecule has 1 aromatic carbocycles. The lowest BCUT2D eigenvalue weighted by molar-refractivity contribution is -0.131. The number of amides is 2. The molecule has 19 heavy (non-hydrogen) atoms. The van der Waals surface area contributed by atoms with E-state index >= 15 is 0 Å². The highest BCUT2D eigenvalue weighted by Crippen LogP contribution is 2.32. The number of carbonyl (C=O) groups excluding carboxylic acids is 2. The average Bonchev–Trinajstić information content (AvgIpc) is 2.41. The number of carbonyl (C=O) groups is 2. The number of ether oxygens (including phenoxy) is 1. The van der Waals surface area contributed by atoms with E-state index in [2.05, 4.69) is 5.32 Å². The van der Waals surface area contributed by atoms with E-state index in [-0.39, 0.29) is 18.4 Å². The number of methoxy groups -OCH3 is 1. The first-order chi connectivity index (χ1) is 9.06. The summed E-state index contributed by atoms with van der Waals surface area (Å²) in [5, 5.41) is 3.15. The molecule has 102 valence electrons. The van der Waals surface area contributed by atoms with E-state index in [0.29, 0.717) is 22.9 Å². The van der Waals surface area contributed by atoms with Crippen molar-refractivity contribution >= 4 is 29.1 Å². The second-order valence-corrected chi connectivity index (χ2v) is 4.71. The van der Waals surface area contributed by atoms with Gasteiger partial charge in [-0.3, -0.25) is 14.5 Å². The van der Waals surface area contributed by atoms with Crippen molar-refractivity contribution in [2.45, 2.75) is 19.4 Å². The van der Waals surface area contributed by atoms with Gasteiger partial charge in [-0.2, -0.15) is 0 Å². The third kappa shape index (κ3) is 2.66. The van der Waals surface area contributed by atoms with Crippen molar-refractivity contribution in [2.24, 2.45) is 0 Å². The number of hydrogen-bond acceptors (Lipinski definition) is 3. The van der Waals surface area contributed by atoms with E-state index in [1.54, 1.807) is 18.2 Å². The lowest BCUT2D eigenvalue weighted by atomic mass is 10.1. The van der Waals surface area contributed by atoms with E-state index in [1.807, 2.05) is 6.92 Å². The molecule has 1 saturated heterocycles. The summed E-state index contributed by atoms with van der Waals surface area (Å²) in [4.78, 5) is 25.4. The highest BCUT2D eigenvalue weighted by atomic mass is 35.5. The molecule has 6 heteroatoms. The summed E-state index contributed by atoms with van der Waals surface area (Å²) >= 11 is 5.95. The van der Waals surface area contributed by atoms with Crippen molar-refractivity contribution in [1.82, 2.24) is 5.32 Å². The van der Waals surface area contributed by atoms with Crippen LogP contribution in [0.4, 0.5) is 5.69 Å². The maximum atomic E-state index is 12.3. The predicted octanol–water partition coefficient (Wildman–Crippen LogP) is 1.59. The fourth-order valence-electron chi connectivity index (χ4n) is 2.07. The summed E-state index contributed by atoms with van der Waals surface area (Å²) in [5.74, 6) is 0.179. The Bertz CT molecular complexity index is 519. The lowest BCUT2D eigenvalue weighted by Gasteiger charge is -2.32. The number of benzene rings is 1. The zero-order valence-corrected chi connectivity index (χ0v) is 11.5. The summed E-state index contributed by atoms with van der Waals surface area (Å²) in [6.07, 6.45) is 0.546. The molecule has 0 aliphatic carbocycles. The first-order valence-electron chi connectivity index (χ1n) is 6.01. The van der Waals surface area contributed by atoms with Crippen LogP contribution >= 0.6 is 11.6 Å². The van der Waals surface area contributed by atoms with Crippen molar-refractivity contribution in [3.63, 3.8) is 0 Å². The molecule has 2 rings (SSSR count). The molecule has 1 aliphatic heterocycles. The molecule has 1 aromatic rings. The van der Waals surface area contributed by atoms with Crippen LogP contribution in [0.5, 0.6) is 5.75 Å². The van der Waals surface area contributed by atoms with Crippen LogP contribution in [0.15, 0.2) is 18.2 Å². The smallest absolute Gasteiger partial charge is 0.250 e. The highest BCUT2D eigenvalue weighted by Gasteiger charge is 2.33. The van der Waals surface area contributed by atoms with E-state index in [9.17, 15) is 9.59 Å². The van der Waals surface area contributed by atoms with E-state index in [4.69, 9.17) is 16.3 Å². The minimum Gasteiger partial charge on any atom is -0.495 e. The summed E-state index contributed by atoms with van der Waals surface area (Å²) in [5.41, 5.74) is 0.522. The first kappa shape index (κ1) is 13.7. The number of rotatable bonds is 3. The van der Waals surface area contributed by atoms with Gasteiger partial charge in [0.05, 0.1) is 12.8 Å². The largest absolute Gasteiger partial charge is 0.495 e. The average molecular weight is 283 g/mol. The monoisotopic (exact) mass is 282 g/mol. The third-order valence-corrected chi connectivity index (χ3v) is 3.28. The Hall–Kier alpha value is -1.75. The molecule has 2 amide bonds. The van der Waals surface area contributed by atoms with Crippen molar-refractivity contribution in [3.8, 4) is 5.75 Å². The molecule has 1 atom stereocenters. The number of nitrogens with one attached hydrogen (secondary N) is 1. The quantitative estimate of drug-likeness (QED) is 0.916. The molecule has 0 radical (unpaired) electrons. The Morgan fingerprint density at radius 1 is 1.47 bits per heavy atom. The highest BCUT2D eigenvalue weighted by molar-refractivity contribution is 6.31. The summed E-state index contributed by atoms with van der Waals surface area (Å²) < 4.78 is 5.22. The topological polar surface area (TPSA) is 58.6 Å². The zero-order valence-electron chi connectivity index (χ0n) is 10.8. The van der Waals surface area contributed by atoms with Gasteiger partial charge in [0, 0.05) is 5.02 Å². The molecule has 1 unspecified atom stereocenters. The van der Waals surface area contributed by atoms with Crippen molar-refractivity contribution in [3.05, 3.63) is 23.2 Å². The fourth-order valence-corrected chi connectivity index (χ4v) is 2.23. The first-order valence-corrected chi connectivity index (χ1v) is 6.39. The molecular formula is C13H15ClN2O3. The summed E-state index contributed by atoms with van der Waals surface area (Å²) in [6, 6.07) is 4.49. The molecule has 0 aromatic heterocycles. The van der Waals surface area contributed by atoms with E-state index < -0.39 is 6.04 Å². The van der Waals surface area contributed by atoms with Crippen LogP contribution < -0.4 is 15.0 Å². The molecule has 0 saturated carbocycles.